The van der Waals surface area contributed by atoms with Crippen LogP contribution in [0.5, 0.6) is 5.75 Å². The van der Waals surface area contributed by atoms with Crippen LogP contribution in [0.1, 0.15) is 5.82 Å². The van der Waals surface area contributed by atoms with Gasteiger partial charge in [0.1, 0.15) is 12.4 Å². The van der Waals surface area contributed by atoms with Crippen LogP contribution in [0.25, 0.3) is 5.65 Å². The predicted octanol–water partition coefficient (Wildman–Crippen LogP) is 1.29. The van der Waals surface area contributed by atoms with Gasteiger partial charge in [0.15, 0.2) is 11.5 Å². The van der Waals surface area contributed by atoms with E-state index in [0.29, 0.717) is 17.9 Å². The van der Waals surface area contributed by atoms with Gasteiger partial charge in [-0.25, -0.2) is 0 Å². The maximum absolute atomic E-state index is 5.61. The van der Waals surface area contributed by atoms with E-state index in [1.165, 1.54) is 0 Å². The lowest BCUT2D eigenvalue weighted by Gasteiger charge is -2.04. The van der Waals surface area contributed by atoms with Crippen molar-refractivity contribution >= 4 is 11.3 Å². The second kappa shape index (κ2) is 4.33. The Labute approximate surface area is 103 Å². The van der Waals surface area contributed by atoms with E-state index in [9.17, 15) is 0 Å². The molecule has 6 nitrogen and oxygen atoms in total. The number of anilines is 1. The summed E-state index contributed by atoms with van der Waals surface area (Å²) in [7, 11) is 0. The summed E-state index contributed by atoms with van der Waals surface area (Å²) in [6.45, 7) is 0.342. The Hall–Kier alpha value is -2.63. The maximum Gasteiger partial charge on any atom is 0.179 e. The Balaban J connectivity index is 1.79. The summed E-state index contributed by atoms with van der Waals surface area (Å²) >= 11 is 0. The Morgan fingerprint density at radius 2 is 2.00 bits per heavy atom. The number of fused-ring (bicyclic) bond motifs is 1. The molecule has 18 heavy (non-hydrogen) atoms. The van der Waals surface area contributed by atoms with Crippen LogP contribution >= 0.6 is 0 Å². The molecular formula is C12H11N5O. The molecule has 2 aromatic heterocycles. The number of nitrogens with zero attached hydrogens (tertiary/aromatic N) is 4. The van der Waals surface area contributed by atoms with Crippen LogP contribution in [0.15, 0.2) is 42.9 Å². The van der Waals surface area contributed by atoms with Crippen molar-refractivity contribution in [2.45, 2.75) is 6.61 Å². The molecule has 0 unspecified atom stereocenters. The third-order valence-corrected chi connectivity index (χ3v) is 2.53. The van der Waals surface area contributed by atoms with E-state index >= 15 is 0 Å². The molecule has 0 bridgehead atoms. The first kappa shape index (κ1) is 10.5. The van der Waals surface area contributed by atoms with Crippen LogP contribution < -0.4 is 10.5 Å². The topological polar surface area (TPSA) is 78.3 Å². The van der Waals surface area contributed by atoms with Crippen LogP contribution in [0, 0.1) is 0 Å². The molecule has 90 valence electrons. The van der Waals surface area contributed by atoms with E-state index < -0.39 is 0 Å². The summed E-state index contributed by atoms with van der Waals surface area (Å²) in [5, 5.41) is 8.05. The van der Waals surface area contributed by atoms with E-state index in [1.807, 2.05) is 16.5 Å². The highest BCUT2D eigenvalue weighted by Crippen LogP contribution is 2.14. The Bertz CT molecular complexity index is 662. The molecule has 0 aliphatic heterocycles. The lowest BCUT2D eigenvalue weighted by atomic mass is 10.3. The zero-order chi connectivity index (χ0) is 12.4. The highest BCUT2D eigenvalue weighted by atomic mass is 16.5. The van der Waals surface area contributed by atoms with Gasteiger partial charge >= 0.3 is 0 Å². The van der Waals surface area contributed by atoms with Crippen molar-refractivity contribution in [1.82, 2.24) is 19.6 Å². The summed E-state index contributed by atoms with van der Waals surface area (Å²) in [6, 6.07) is 7.22. The molecule has 3 rings (SSSR count). The Morgan fingerprint density at radius 1 is 1.17 bits per heavy atom. The van der Waals surface area contributed by atoms with Gasteiger partial charge in [0.25, 0.3) is 0 Å². The van der Waals surface area contributed by atoms with Crippen molar-refractivity contribution in [2.24, 2.45) is 0 Å². The molecule has 0 atom stereocenters. The molecule has 3 aromatic rings. The summed E-state index contributed by atoms with van der Waals surface area (Å²) in [6.07, 6.45) is 5.14. The minimum absolute atomic E-state index is 0.342. The van der Waals surface area contributed by atoms with Crippen LogP contribution in [-0.4, -0.2) is 19.6 Å². The number of benzene rings is 1. The molecule has 2 N–H and O–H groups in total. The van der Waals surface area contributed by atoms with Gasteiger partial charge in [0, 0.05) is 18.1 Å². The van der Waals surface area contributed by atoms with Gasteiger partial charge in [-0.3, -0.25) is 9.38 Å². The molecule has 0 spiro atoms. The van der Waals surface area contributed by atoms with Gasteiger partial charge < -0.3 is 10.5 Å². The number of hydrogen-bond acceptors (Lipinski definition) is 5. The maximum atomic E-state index is 5.61. The smallest absolute Gasteiger partial charge is 0.179 e. The molecule has 0 aliphatic carbocycles. The number of aromatic nitrogens is 4. The first-order valence-corrected chi connectivity index (χ1v) is 5.45. The molecule has 0 fully saturated rings. The highest BCUT2D eigenvalue weighted by Gasteiger charge is 2.05. The van der Waals surface area contributed by atoms with Crippen LogP contribution in [0.3, 0.4) is 0 Å². The minimum atomic E-state index is 0.342. The monoisotopic (exact) mass is 241 g/mol. The molecular weight excluding hydrogens is 230 g/mol. The van der Waals surface area contributed by atoms with E-state index in [2.05, 4.69) is 15.2 Å². The summed E-state index contributed by atoms with van der Waals surface area (Å²) in [5.74, 6) is 1.47. The first-order valence-electron chi connectivity index (χ1n) is 5.45. The van der Waals surface area contributed by atoms with Gasteiger partial charge in [0.2, 0.25) is 0 Å². The fourth-order valence-electron chi connectivity index (χ4n) is 1.61. The van der Waals surface area contributed by atoms with Crippen LogP contribution in [0.2, 0.25) is 0 Å². The average molecular weight is 241 g/mol. The second-order valence-electron chi connectivity index (χ2n) is 3.78. The molecule has 0 aliphatic rings. The first-order chi connectivity index (χ1) is 8.83. The van der Waals surface area contributed by atoms with Gasteiger partial charge in [-0.15, -0.1) is 10.2 Å². The van der Waals surface area contributed by atoms with Crippen molar-refractivity contribution in [1.29, 1.82) is 0 Å². The van der Waals surface area contributed by atoms with Gasteiger partial charge in [0.05, 0.1) is 6.20 Å². The van der Waals surface area contributed by atoms with Crippen molar-refractivity contribution in [3.05, 3.63) is 48.7 Å². The van der Waals surface area contributed by atoms with E-state index in [-0.39, 0.29) is 0 Å². The number of rotatable bonds is 3. The Kier molecular flexibility index (Phi) is 2.53. The summed E-state index contributed by atoms with van der Waals surface area (Å²) < 4.78 is 7.45. The normalized spacial score (nSPS) is 10.7. The van der Waals surface area contributed by atoms with Gasteiger partial charge in [-0.1, -0.05) is 0 Å². The molecule has 2 heterocycles. The number of hydrogen-bond donors (Lipinski definition) is 1. The zero-order valence-corrected chi connectivity index (χ0v) is 9.52. The van der Waals surface area contributed by atoms with E-state index in [4.69, 9.17) is 10.5 Å². The lowest BCUT2D eigenvalue weighted by molar-refractivity contribution is 0.294. The predicted molar refractivity (Wildman–Crippen MR) is 66.0 cm³/mol. The Morgan fingerprint density at radius 3 is 2.83 bits per heavy atom. The van der Waals surface area contributed by atoms with Crippen molar-refractivity contribution in [2.75, 3.05) is 5.73 Å². The van der Waals surface area contributed by atoms with Gasteiger partial charge in [-0.2, -0.15) is 0 Å². The third kappa shape index (κ3) is 1.95. The SMILES string of the molecule is Nc1ccc(OCc2nnc3cnccn23)cc1. The van der Waals surface area contributed by atoms with Crippen LogP contribution in [-0.2, 0) is 6.61 Å². The second-order valence-corrected chi connectivity index (χ2v) is 3.78. The third-order valence-electron chi connectivity index (χ3n) is 2.53. The fraction of sp³-hybridized carbons (Fsp3) is 0.0833. The molecule has 0 saturated carbocycles. The molecule has 1 aromatic carbocycles. The van der Waals surface area contributed by atoms with E-state index in [0.717, 1.165) is 11.6 Å². The number of nitrogens with two attached hydrogens (primary N) is 1. The summed E-state index contributed by atoms with van der Waals surface area (Å²) in [4.78, 5) is 3.98. The molecule has 0 saturated heterocycles. The minimum Gasteiger partial charge on any atom is -0.486 e. The fourth-order valence-corrected chi connectivity index (χ4v) is 1.61. The number of nitrogen functional groups attached to an aromatic ring is 1. The van der Waals surface area contributed by atoms with Crippen molar-refractivity contribution in [3.8, 4) is 5.75 Å². The quantitative estimate of drug-likeness (QED) is 0.699. The highest BCUT2D eigenvalue weighted by molar-refractivity contribution is 5.41. The van der Waals surface area contributed by atoms with E-state index in [1.54, 1.807) is 30.7 Å². The standard InChI is InChI=1S/C12H11N5O/c13-9-1-3-10(4-2-9)18-8-12-16-15-11-7-14-5-6-17(11)12/h1-7H,8,13H2. The van der Waals surface area contributed by atoms with Crippen LogP contribution in [0.4, 0.5) is 5.69 Å². The van der Waals surface area contributed by atoms with Crippen molar-refractivity contribution < 1.29 is 4.74 Å². The van der Waals surface area contributed by atoms with Crippen molar-refractivity contribution in [3.63, 3.8) is 0 Å². The number of ether oxygens (including phenoxy) is 1. The molecule has 6 heteroatoms. The largest absolute Gasteiger partial charge is 0.486 e. The molecule has 0 amide bonds. The zero-order valence-electron chi connectivity index (χ0n) is 9.52. The van der Waals surface area contributed by atoms with Gasteiger partial charge in [-0.05, 0) is 24.3 Å². The lowest BCUT2D eigenvalue weighted by Crippen LogP contribution is -2.01. The average Bonchev–Trinajstić information content (AvgIpc) is 2.82. The summed E-state index contributed by atoms with van der Waals surface area (Å²) in [5.41, 5.74) is 7.01. The molecule has 0 radical (unpaired) electrons.